The van der Waals surface area contributed by atoms with E-state index in [1.807, 2.05) is 94.5 Å². The van der Waals surface area contributed by atoms with Crippen molar-refractivity contribution in [3.05, 3.63) is 180 Å². The van der Waals surface area contributed by atoms with Crippen LogP contribution in [-0.4, -0.2) is 83.7 Å². The first-order chi connectivity index (χ1) is 37.4. The smallest absolute Gasteiger partial charge is 1.00 e. The molecule has 0 radical (unpaired) electrons. The molecule has 9 rings (SSSR count). The molecule has 0 bridgehead atoms. The zero-order chi connectivity index (χ0) is 58.5. The summed E-state index contributed by atoms with van der Waals surface area (Å²) in [7, 11) is 14.8. The summed E-state index contributed by atoms with van der Waals surface area (Å²) in [4.78, 5) is 81.5. The van der Waals surface area contributed by atoms with E-state index in [0.717, 1.165) is 104 Å². The molecule has 0 spiro atoms. The molecule has 0 unspecified atom stereocenters. The average Bonchev–Trinajstić information content (AvgIpc) is 3.72. The van der Waals surface area contributed by atoms with E-state index in [9.17, 15) is 33.6 Å². The Hall–Kier alpha value is -5.89. The van der Waals surface area contributed by atoms with Gasteiger partial charge in [0.1, 0.15) is 34.3 Å². The minimum atomic E-state index is -0.591. The van der Waals surface area contributed by atoms with Crippen molar-refractivity contribution in [1.82, 2.24) is 14.4 Å². The van der Waals surface area contributed by atoms with Gasteiger partial charge in [0.05, 0.1) is 12.3 Å². The minimum Gasteiger partial charge on any atom is -1.00 e. The van der Waals surface area contributed by atoms with Crippen LogP contribution in [0.3, 0.4) is 0 Å². The average molecular weight is 1240 g/mol. The number of likely N-dealkylation sites (N-methyl/N-ethyl adjacent to an activating group) is 2. The van der Waals surface area contributed by atoms with Crippen molar-refractivity contribution in [2.24, 2.45) is 0 Å². The number of nitrogens with one attached hydrogen (secondary N) is 1. The number of aromatic nitrogens is 1. The third-order valence-electron chi connectivity index (χ3n) is 10.4. The van der Waals surface area contributed by atoms with Crippen LogP contribution in [0.25, 0.3) is 49.6 Å². The predicted octanol–water partition coefficient (Wildman–Crippen LogP) is 7.36. The molecular weight excluding hydrogens is 1180 g/mol. The van der Waals surface area contributed by atoms with Gasteiger partial charge in [0, 0.05) is 104 Å². The number of nitrogens with two attached hydrogens (primary N) is 1. The Morgan fingerprint density at radius 3 is 1.54 bits per heavy atom. The molecule has 0 fully saturated rings. The van der Waals surface area contributed by atoms with Crippen LogP contribution in [0, 0.1) is 38.4 Å². The Morgan fingerprint density at radius 2 is 1.11 bits per heavy atom. The second kappa shape index (κ2) is 33.8. The Kier molecular flexibility index (Phi) is 28.9. The number of nitrogen functional groups attached to an aromatic ring is 1. The van der Waals surface area contributed by atoms with E-state index >= 15 is 0 Å². The number of nitrogens with zero attached hydrogens (tertiary/aromatic N) is 4. The largest absolute Gasteiger partial charge is 1.00 e. The van der Waals surface area contributed by atoms with Crippen molar-refractivity contribution in [2.45, 2.75) is 32.6 Å². The Bertz CT molecular complexity index is 3980. The number of thiocyanates is 1. The molecule has 19 nitrogen and oxygen atoms in total. The summed E-state index contributed by atoms with van der Waals surface area (Å²) < 4.78 is 26.2. The molecule has 0 saturated carbocycles. The van der Waals surface area contributed by atoms with Gasteiger partial charge in [-0.15, -0.1) is 0 Å². The van der Waals surface area contributed by atoms with Gasteiger partial charge in [-0.05, 0) is 200 Å². The fourth-order valence-corrected chi connectivity index (χ4v) is 8.93. The topological polar surface area (TPSA) is 275 Å². The van der Waals surface area contributed by atoms with Gasteiger partial charge in [0.25, 0.3) is 9.75 Å². The van der Waals surface area contributed by atoms with Gasteiger partial charge in [-0.1, -0.05) is 0 Å². The van der Waals surface area contributed by atoms with Crippen molar-refractivity contribution in [2.75, 3.05) is 65.5 Å². The maximum absolute atomic E-state index is 11.6. The van der Waals surface area contributed by atoms with Crippen LogP contribution in [0.2, 0.25) is 0 Å². The van der Waals surface area contributed by atoms with Gasteiger partial charge in [-0.2, -0.15) is 5.26 Å². The number of aliphatic hydroxyl groups excluding tert-OH is 1. The van der Waals surface area contributed by atoms with Gasteiger partial charge in [0.2, 0.25) is 0 Å². The van der Waals surface area contributed by atoms with Crippen LogP contribution in [-0.2, 0) is 4.74 Å². The molecule has 5 aromatic heterocycles. The SMILES string of the molecule is CN(C)CCO.Cc1cc(=O)oc2cc(-n3c(=O)ssc3=O)ccc12.Cc1cc(=O)oc2cc(N)ccc12.Cc1cc(=O)oc2cc(NC(=S)OCCN(C)C)ccc12.Cc1cc(=O)oc2cc(SC#N)ccc12.O=C(Cl)SCl.[H-].[Na+]. The molecule has 4 aromatic carbocycles. The predicted molar refractivity (Wildman–Crippen MR) is 325 cm³/mol. The van der Waals surface area contributed by atoms with Crippen molar-refractivity contribution in [3.63, 3.8) is 0 Å². The number of thioether (sulfide) groups is 1. The number of aryl methyl sites for hydroxylation is 4. The molecule has 0 aliphatic heterocycles. The van der Waals surface area contributed by atoms with E-state index in [4.69, 9.17) is 61.4 Å². The summed E-state index contributed by atoms with van der Waals surface area (Å²) >= 11 is 10.8. The molecule has 80 heavy (non-hydrogen) atoms. The molecule has 0 atom stereocenters. The number of anilines is 2. The summed E-state index contributed by atoms with van der Waals surface area (Å²) in [6, 6.07) is 26.9. The van der Waals surface area contributed by atoms with Gasteiger partial charge in [-0.25, -0.2) is 23.7 Å². The number of fused-ring (bicyclic) bond motifs is 4. The van der Waals surface area contributed by atoms with E-state index < -0.39 is 10.2 Å². The molecule has 0 amide bonds. The van der Waals surface area contributed by atoms with Gasteiger partial charge in [0.15, 0.2) is 0 Å². The van der Waals surface area contributed by atoms with Gasteiger partial charge >= 0.3 is 61.8 Å². The zero-order valence-electron chi connectivity index (χ0n) is 45.6. The fourth-order valence-electron chi connectivity index (χ4n) is 6.72. The number of halogens is 2. The van der Waals surface area contributed by atoms with E-state index in [-0.39, 0.29) is 64.2 Å². The zero-order valence-corrected chi connectivity index (χ0v) is 52.2. The molecule has 0 aliphatic rings. The first-order valence-corrected chi connectivity index (χ1v) is 28.4. The van der Waals surface area contributed by atoms with Gasteiger partial charge in [-0.3, -0.25) is 14.4 Å². The number of aliphatic hydroxyl groups is 1. The number of ether oxygens (including phenoxy) is 1. The van der Waals surface area contributed by atoms with Crippen LogP contribution < -0.4 is 72.9 Å². The van der Waals surface area contributed by atoms with Crippen LogP contribution in [0.1, 0.15) is 23.7 Å². The third-order valence-corrected chi connectivity index (χ3v) is 14.0. The molecular formula is C53H53Cl2N6NaO13S5. The minimum absolute atomic E-state index is 0. The third kappa shape index (κ3) is 21.9. The number of benzene rings is 4. The van der Waals surface area contributed by atoms with Crippen LogP contribution >= 0.6 is 77.9 Å². The monoisotopic (exact) mass is 1230 g/mol. The van der Waals surface area contributed by atoms with E-state index in [1.165, 1.54) is 30.3 Å². The van der Waals surface area contributed by atoms with Gasteiger partial charge < -0.3 is 49.8 Å². The number of carbonyl (C=O) groups is 1. The van der Waals surface area contributed by atoms with Crippen molar-refractivity contribution in [1.29, 1.82) is 5.26 Å². The maximum atomic E-state index is 11.6. The second-order valence-corrected chi connectivity index (χ2v) is 21.7. The second-order valence-electron chi connectivity index (χ2n) is 16.9. The summed E-state index contributed by atoms with van der Waals surface area (Å²) in [5.74, 6) is 0. The molecule has 418 valence electrons. The van der Waals surface area contributed by atoms with Crippen molar-refractivity contribution >= 4 is 143 Å². The molecule has 4 N–H and O–H groups in total. The Balaban J connectivity index is 0.000000348. The fraction of sp³-hybridized carbons (Fsp3) is 0.226. The van der Waals surface area contributed by atoms with Crippen molar-refractivity contribution < 1.29 is 63.3 Å². The molecule has 27 heteroatoms. The number of hydrogen-bond acceptors (Lipinski definition) is 22. The Labute approximate surface area is 511 Å². The van der Waals surface area contributed by atoms with Crippen molar-refractivity contribution in [3.8, 4) is 11.1 Å². The molecule has 9 aromatic rings. The van der Waals surface area contributed by atoms with Crippen LogP contribution in [0.4, 0.5) is 16.2 Å². The van der Waals surface area contributed by atoms with Crippen LogP contribution in [0.5, 0.6) is 0 Å². The van der Waals surface area contributed by atoms with E-state index in [1.54, 1.807) is 43.3 Å². The summed E-state index contributed by atoms with van der Waals surface area (Å²) in [5.41, 5.74) is 11.2. The summed E-state index contributed by atoms with van der Waals surface area (Å²) in [6.45, 7) is 9.73. The number of rotatable bonds is 8. The quantitative estimate of drug-likeness (QED) is 0.0196. The summed E-state index contributed by atoms with van der Waals surface area (Å²) in [6.07, 6.45) is 0. The first-order valence-electron chi connectivity index (χ1n) is 23.0. The number of carbonyl (C=O) groups excluding carboxylic acids is 1. The maximum Gasteiger partial charge on any atom is 1.00 e. The van der Waals surface area contributed by atoms with E-state index in [2.05, 4.69) is 16.9 Å². The molecule has 0 aliphatic carbocycles. The standard InChI is InChI=1S/C15H18N2O3S.C12H7NO4S2.C11H7NO2S.C10H9NO2.C4H11NO.CCl2OS.Na.H/c1-10-8-14(18)20-13-9-11(4-5-12(10)13)16-15(21)19-7-6-17(2)3;1-6-4-10(14)17-9-5-7(2-3-8(6)9)13-11(15)18-19-12(13)16;1-7-4-11(13)14-10-5-8(15-6-12)2-3-9(7)10;1-6-4-10(12)13-9-5-7(11)2-3-8(6)9;1-5(2)3-4-6;2-1(4)5-3;;/h4-5,8-9H,6-7H2,1-3H3,(H,16,21);2-5H,1H3;2-5H,1H3;2-5H,11H2,1H3;6H,3-4H2,1-2H3;;;/q;;;;;;+1;-1. The molecule has 0 saturated heterocycles. The Morgan fingerprint density at radius 1 is 0.700 bits per heavy atom. The summed E-state index contributed by atoms with van der Waals surface area (Å²) in [5, 5.41) is 25.5. The normalized spacial score (nSPS) is 10.3. The number of thiocarbonyl (C=S) groups is 1. The number of nitriles is 1. The van der Waals surface area contributed by atoms with Crippen LogP contribution in [0.15, 0.2) is 148 Å². The first kappa shape index (κ1) is 68.4. The number of hydrogen-bond donors (Lipinski definition) is 3. The molecule has 5 heterocycles. The van der Waals surface area contributed by atoms with E-state index in [0.29, 0.717) is 56.5 Å².